The van der Waals surface area contributed by atoms with Crippen molar-refractivity contribution in [3.05, 3.63) is 42.0 Å². The third-order valence-corrected chi connectivity index (χ3v) is 5.46. The number of benzene rings is 2. The molecule has 2 aromatic carbocycles. The molecule has 25 heavy (non-hydrogen) atoms. The van der Waals surface area contributed by atoms with E-state index >= 15 is 0 Å². The average Bonchev–Trinajstić information content (AvgIpc) is 2.60. The number of hydrogen-bond donors (Lipinski definition) is 1. The van der Waals surface area contributed by atoms with Crippen LogP contribution >= 0.6 is 0 Å². The van der Waals surface area contributed by atoms with E-state index in [1.807, 2.05) is 31.0 Å². The topological polar surface area (TPSA) is 55.6 Å². The lowest BCUT2D eigenvalue weighted by Gasteiger charge is -2.39. The summed E-state index contributed by atoms with van der Waals surface area (Å²) in [7, 11) is 3.55. The highest BCUT2D eigenvalue weighted by Gasteiger charge is 2.39. The van der Waals surface area contributed by atoms with Gasteiger partial charge in [0, 0.05) is 19.1 Å². The molecule has 0 bridgehead atoms. The highest BCUT2D eigenvalue weighted by atomic mass is 16.5. The normalized spacial score (nSPS) is 23.4. The molecular formula is C21H28N2O2. The summed E-state index contributed by atoms with van der Waals surface area (Å²) in [6, 6.07) is 12.3. The maximum absolute atomic E-state index is 12.9. The predicted octanol–water partition coefficient (Wildman–Crippen LogP) is 3.71. The molecule has 1 saturated carbocycles. The van der Waals surface area contributed by atoms with Crippen molar-refractivity contribution in [1.82, 2.24) is 4.90 Å². The van der Waals surface area contributed by atoms with Crippen molar-refractivity contribution in [3.63, 3.8) is 0 Å². The van der Waals surface area contributed by atoms with Gasteiger partial charge in [-0.3, -0.25) is 4.79 Å². The van der Waals surface area contributed by atoms with Gasteiger partial charge in [0.2, 0.25) is 5.91 Å². The van der Waals surface area contributed by atoms with Gasteiger partial charge in [0.15, 0.2) is 0 Å². The Morgan fingerprint density at radius 3 is 2.68 bits per heavy atom. The standard InChI is InChI=1S/C21H28N2O2/c1-21(22)11-5-4-6-19(21)20(24)23(2)14-15-7-8-17-13-18(25-3)10-9-16(17)12-15/h7-10,12-13,19H,4-6,11,14,22H2,1-3H3. The second kappa shape index (κ2) is 7.04. The van der Waals surface area contributed by atoms with E-state index in [2.05, 4.69) is 24.3 Å². The van der Waals surface area contributed by atoms with Crippen LogP contribution in [-0.2, 0) is 11.3 Å². The molecule has 4 heteroatoms. The van der Waals surface area contributed by atoms with Crippen LogP contribution in [0.3, 0.4) is 0 Å². The zero-order chi connectivity index (χ0) is 18.0. The van der Waals surface area contributed by atoms with Crippen LogP contribution in [0.25, 0.3) is 10.8 Å². The largest absolute Gasteiger partial charge is 0.497 e. The van der Waals surface area contributed by atoms with Gasteiger partial charge >= 0.3 is 0 Å². The first-order chi connectivity index (χ1) is 11.9. The highest BCUT2D eigenvalue weighted by molar-refractivity contribution is 5.85. The van der Waals surface area contributed by atoms with Gasteiger partial charge in [-0.05, 0) is 54.3 Å². The molecule has 0 heterocycles. The SMILES string of the molecule is COc1ccc2cc(CN(C)C(=O)C3CCCCC3(C)N)ccc2c1. The molecule has 3 rings (SSSR count). The van der Waals surface area contributed by atoms with Crippen molar-refractivity contribution in [2.75, 3.05) is 14.2 Å². The number of rotatable bonds is 4. The van der Waals surface area contributed by atoms with Crippen molar-refractivity contribution in [2.24, 2.45) is 11.7 Å². The summed E-state index contributed by atoms with van der Waals surface area (Å²) in [5.41, 5.74) is 7.14. The maximum Gasteiger partial charge on any atom is 0.227 e. The molecule has 0 aromatic heterocycles. The number of nitrogens with two attached hydrogens (primary N) is 1. The smallest absolute Gasteiger partial charge is 0.227 e. The zero-order valence-electron chi connectivity index (χ0n) is 15.4. The molecule has 0 saturated heterocycles. The molecular weight excluding hydrogens is 312 g/mol. The number of carbonyl (C=O) groups is 1. The van der Waals surface area contributed by atoms with E-state index in [0.29, 0.717) is 6.54 Å². The van der Waals surface area contributed by atoms with Gasteiger partial charge in [-0.2, -0.15) is 0 Å². The maximum atomic E-state index is 12.9. The van der Waals surface area contributed by atoms with Gasteiger partial charge in [-0.25, -0.2) is 0 Å². The van der Waals surface area contributed by atoms with E-state index < -0.39 is 0 Å². The Morgan fingerprint density at radius 2 is 1.96 bits per heavy atom. The van der Waals surface area contributed by atoms with Gasteiger partial charge in [0.25, 0.3) is 0 Å². The molecule has 2 N–H and O–H groups in total. The molecule has 2 atom stereocenters. The van der Waals surface area contributed by atoms with E-state index in [-0.39, 0.29) is 17.4 Å². The molecule has 0 radical (unpaired) electrons. The minimum Gasteiger partial charge on any atom is -0.497 e. The molecule has 1 aliphatic carbocycles. The third kappa shape index (κ3) is 3.79. The first kappa shape index (κ1) is 17.7. The van der Waals surface area contributed by atoms with Crippen LogP contribution in [0.15, 0.2) is 36.4 Å². The van der Waals surface area contributed by atoms with E-state index in [1.165, 1.54) is 0 Å². The quantitative estimate of drug-likeness (QED) is 0.923. The van der Waals surface area contributed by atoms with Crippen LogP contribution in [0.1, 0.15) is 38.2 Å². The number of nitrogens with zero attached hydrogens (tertiary/aromatic N) is 1. The number of methoxy groups -OCH3 is 1. The van der Waals surface area contributed by atoms with Gasteiger partial charge in [-0.1, -0.05) is 31.0 Å². The van der Waals surface area contributed by atoms with E-state index in [0.717, 1.165) is 47.8 Å². The second-order valence-corrected chi connectivity index (χ2v) is 7.55. The lowest BCUT2D eigenvalue weighted by atomic mass is 9.74. The molecule has 1 fully saturated rings. The number of amides is 1. The molecule has 1 amide bonds. The molecule has 2 aromatic rings. The van der Waals surface area contributed by atoms with Gasteiger partial charge in [-0.15, -0.1) is 0 Å². The van der Waals surface area contributed by atoms with E-state index in [9.17, 15) is 4.79 Å². The van der Waals surface area contributed by atoms with Gasteiger partial charge in [0.1, 0.15) is 5.75 Å². The minimum atomic E-state index is -0.385. The summed E-state index contributed by atoms with van der Waals surface area (Å²) in [6.07, 6.45) is 4.03. The molecule has 4 nitrogen and oxygen atoms in total. The lowest BCUT2D eigenvalue weighted by Crippen LogP contribution is -2.53. The van der Waals surface area contributed by atoms with Crippen LogP contribution in [0.2, 0.25) is 0 Å². The first-order valence-electron chi connectivity index (χ1n) is 9.01. The Hall–Kier alpha value is -2.07. The summed E-state index contributed by atoms with van der Waals surface area (Å²) < 4.78 is 5.27. The molecule has 0 spiro atoms. The fourth-order valence-corrected chi connectivity index (χ4v) is 3.88. The molecule has 2 unspecified atom stereocenters. The van der Waals surface area contributed by atoms with Crippen molar-refractivity contribution >= 4 is 16.7 Å². The van der Waals surface area contributed by atoms with E-state index in [1.54, 1.807) is 7.11 Å². The summed E-state index contributed by atoms with van der Waals surface area (Å²) in [4.78, 5) is 14.7. The van der Waals surface area contributed by atoms with Crippen molar-refractivity contribution < 1.29 is 9.53 Å². The van der Waals surface area contributed by atoms with Gasteiger partial charge in [0.05, 0.1) is 13.0 Å². The number of hydrogen-bond acceptors (Lipinski definition) is 3. The zero-order valence-corrected chi connectivity index (χ0v) is 15.4. The Kier molecular flexibility index (Phi) is 5.00. The Balaban J connectivity index is 1.74. The summed E-state index contributed by atoms with van der Waals surface area (Å²) in [5, 5.41) is 2.29. The molecule has 0 aliphatic heterocycles. The van der Waals surface area contributed by atoms with Crippen LogP contribution in [-0.4, -0.2) is 30.5 Å². The first-order valence-corrected chi connectivity index (χ1v) is 9.01. The summed E-state index contributed by atoms with van der Waals surface area (Å²) in [6.45, 7) is 2.62. The van der Waals surface area contributed by atoms with Gasteiger partial charge < -0.3 is 15.4 Å². The Labute approximate surface area is 149 Å². The predicted molar refractivity (Wildman–Crippen MR) is 102 cm³/mol. The Bertz CT molecular complexity index is 770. The fourth-order valence-electron chi connectivity index (χ4n) is 3.88. The monoisotopic (exact) mass is 340 g/mol. The van der Waals surface area contributed by atoms with Crippen molar-refractivity contribution in [2.45, 2.75) is 44.7 Å². The van der Waals surface area contributed by atoms with Crippen LogP contribution < -0.4 is 10.5 Å². The number of fused-ring (bicyclic) bond motifs is 1. The average molecular weight is 340 g/mol. The molecule has 1 aliphatic rings. The van der Waals surface area contributed by atoms with Crippen molar-refractivity contribution in [1.29, 1.82) is 0 Å². The second-order valence-electron chi connectivity index (χ2n) is 7.55. The third-order valence-electron chi connectivity index (χ3n) is 5.46. The van der Waals surface area contributed by atoms with E-state index in [4.69, 9.17) is 10.5 Å². The van der Waals surface area contributed by atoms with Crippen LogP contribution in [0.4, 0.5) is 0 Å². The number of ether oxygens (including phenoxy) is 1. The lowest BCUT2D eigenvalue weighted by molar-refractivity contribution is -0.138. The fraction of sp³-hybridized carbons (Fsp3) is 0.476. The summed E-state index contributed by atoms with van der Waals surface area (Å²) in [5.74, 6) is 0.947. The highest BCUT2D eigenvalue weighted by Crippen LogP contribution is 2.33. The van der Waals surface area contributed by atoms with Crippen molar-refractivity contribution in [3.8, 4) is 5.75 Å². The van der Waals surface area contributed by atoms with Crippen LogP contribution in [0, 0.1) is 5.92 Å². The molecule has 134 valence electrons. The Morgan fingerprint density at radius 1 is 1.24 bits per heavy atom. The van der Waals surface area contributed by atoms with Crippen LogP contribution in [0.5, 0.6) is 5.75 Å². The number of carbonyl (C=O) groups excluding carboxylic acids is 1. The minimum absolute atomic E-state index is 0.0732. The summed E-state index contributed by atoms with van der Waals surface area (Å²) >= 11 is 0.